The zero-order valence-corrected chi connectivity index (χ0v) is 20.3. The predicted octanol–water partition coefficient (Wildman–Crippen LogP) is 4.69. The highest BCUT2D eigenvalue weighted by Gasteiger charge is 2.15. The number of benzene rings is 3. The molecule has 0 radical (unpaired) electrons. The minimum Gasteiger partial charge on any atom is -0.493 e. The second-order valence-electron chi connectivity index (χ2n) is 8.26. The Morgan fingerprint density at radius 3 is 2.35 bits per heavy atom. The predicted molar refractivity (Wildman–Crippen MR) is 134 cm³/mol. The third-order valence-corrected chi connectivity index (χ3v) is 5.56. The van der Waals surface area contributed by atoms with Gasteiger partial charge in [0, 0.05) is 31.0 Å². The van der Waals surface area contributed by atoms with Gasteiger partial charge < -0.3 is 25.0 Å². The molecule has 3 N–H and O–H groups in total. The normalized spacial score (nSPS) is 10.5. The van der Waals surface area contributed by atoms with Crippen molar-refractivity contribution >= 4 is 17.8 Å². The molecule has 0 atom stereocenters. The van der Waals surface area contributed by atoms with Crippen molar-refractivity contribution in [2.45, 2.75) is 32.3 Å². The Bertz CT molecular complexity index is 1280. The maximum absolute atomic E-state index is 13.8. The van der Waals surface area contributed by atoms with Gasteiger partial charge in [-0.3, -0.25) is 14.4 Å². The molecule has 0 aliphatic rings. The summed E-state index contributed by atoms with van der Waals surface area (Å²) in [4.78, 5) is 34.4. The van der Waals surface area contributed by atoms with Crippen LogP contribution < -0.4 is 14.8 Å². The number of amides is 1. The summed E-state index contributed by atoms with van der Waals surface area (Å²) in [6.45, 7) is 0.225. The van der Waals surface area contributed by atoms with Crippen molar-refractivity contribution in [1.82, 2.24) is 5.32 Å². The Hall–Kier alpha value is -4.40. The second kappa shape index (κ2) is 13.1. The van der Waals surface area contributed by atoms with Gasteiger partial charge in [-0.1, -0.05) is 24.3 Å². The van der Waals surface area contributed by atoms with Crippen molar-refractivity contribution in [3.05, 3.63) is 83.2 Å². The molecule has 0 saturated carbocycles. The van der Waals surface area contributed by atoms with Gasteiger partial charge in [0.05, 0.1) is 6.61 Å². The van der Waals surface area contributed by atoms with E-state index in [1.165, 1.54) is 19.2 Å². The van der Waals surface area contributed by atoms with E-state index in [9.17, 15) is 23.9 Å². The van der Waals surface area contributed by atoms with Crippen molar-refractivity contribution in [2.75, 3.05) is 13.7 Å². The molecule has 0 spiro atoms. The minimum atomic E-state index is -0.967. The standard InChI is InChI=1S/C28H28FNO7/c1-30-28(35)21-13-20(18-5-2-7-22(29)14-18)15-23(16-21)37-17-19-6-3-8-25(24(19)10-11-27(33)34)36-12-4-9-26(31)32/h2-3,5-8,13-16H,4,9-12,17H2,1H3,(H,30,35)(H,31,32)(H,33,34). The summed E-state index contributed by atoms with van der Waals surface area (Å²) in [5.74, 6) is -1.79. The molecule has 0 saturated heterocycles. The van der Waals surface area contributed by atoms with E-state index in [2.05, 4.69) is 5.32 Å². The van der Waals surface area contributed by atoms with Crippen LogP contribution in [0.1, 0.15) is 40.7 Å². The number of rotatable bonds is 13. The maximum atomic E-state index is 13.8. The molecule has 9 heteroatoms. The van der Waals surface area contributed by atoms with E-state index in [1.807, 2.05) is 0 Å². The first kappa shape index (κ1) is 27.2. The first-order valence-corrected chi connectivity index (χ1v) is 11.7. The number of carboxylic acid groups (broad SMARTS) is 2. The van der Waals surface area contributed by atoms with Gasteiger partial charge in [-0.2, -0.15) is 0 Å². The summed E-state index contributed by atoms with van der Waals surface area (Å²) < 4.78 is 25.6. The molecule has 0 aliphatic heterocycles. The molecule has 194 valence electrons. The van der Waals surface area contributed by atoms with Gasteiger partial charge in [0.15, 0.2) is 0 Å². The Kier molecular flexibility index (Phi) is 9.60. The van der Waals surface area contributed by atoms with Crippen LogP contribution in [0.25, 0.3) is 11.1 Å². The minimum absolute atomic E-state index is 0.0391. The molecular formula is C28H28FNO7. The molecule has 0 aliphatic carbocycles. The molecule has 0 unspecified atom stereocenters. The topological polar surface area (TPSA) is 122 Å². The maximum Gasteiger partial charge on any atom is 0.303 e. The molecule has 3 rings (SSSR count). The first-order valence-electron chi connectivity index (χ1n) is 11.7. The second-order valence-corrected chi connectivity index (χ2v) is 8.26. The van der Waals surface area contributed by atoms with Gasteiger partial charge in [0.2, 0.25) is 0 Å². The quantitative estimate of drug-likeness (QED) is 0.286. The van der Waals surface area contributed by atoms with E-state index < -0.39 is 17.8 Å². The SMILES string of the molecule is CNC(=O)c1cc(OCc2cccc(OCCCC(=O)O)c2CCC(=O)O)cc(-c2cccc(F)c2)c1. The summed E-state index contributed by atoms with van der Waals surface area (Å²) in [7, 11) is 1.51. The summed E-state index contributed by atoms with van der Waals surface area (Å²) >= 11 is 0. The van der Waals surface area contributed by atoms with Crippen LogP contribution in [-0.2, 0) is 22.6 Å². The number of hydrogen-bond donors (Lipinski definition) is 3. The van der Waals surface area contributed by atoms with Crippen molar-refractivity contribution in [3.8, 4) is 22.6 Å². The molecule has 0 aromatic heterocycles. The highest BCUT2D eigenvalue weighted by Crippen LogP contribution is 2.29. The summed E-state index contributed by atoms with van der Waals surface area (Å²) in [5, 5.41) is 20.6. The molecule has 3 aromatic carbocycles. The summed E-state index contributed by atoms with van der Waals surface area (Å²) in [6, 6.07) is 16.2. The highest BCUT2D eigenvalue weighted by molar-refractivity contribution is 5.95. The van der Waals surface area contributed by atoms with Gasteiger partial charge in [-0.25, -0.2) is 4.39 Å². The highest BCUT2D eigenvalue weighted by atomic mass is 19.1. The van der Waals surface area contributed by atoms with E-state index in [1.54, 1.807) is 48.5 Å². The lowest BCUT2D eigenvalue weighted by Gasteiger charge is -2.17. The number of nitrogens with one attached hydrogen (secondary N) is 1. The van der Waals surface area contributed by atoms with Crippen LogP contribution in [0.15, 0.2) is 60.7 Å². The Morgan fingerprint density at radius 1 is 0.892 bits per heavy atom. The van der Waals surface area contributed by atoms with Crippen LogP contribution in [0.5, 0.6) is 11.5 Å². The third kappa shape index (κ3) is 8.06. The fourth-order valence-corrected chi connectivity index (χ4v) is 3.76. The monoisotopic (exact) mass is 509 g/mol. The first-order chi connectivity index (χ1) is 17.8. The van der Waals surface area contributed by atoms with Crippen LogP contribution in [0.3, 0.4) is 0 Å². The Morgan fingerprint density at radius 2 is 1.65 bits per heavy atom. The number of carbonyl (C=O) groups excluding carboxylic acids is 1. The van der Waals surface area contributed by atoms with Gasteiger partial charge >= 0.3 is 11.9 Å². The number of carboxylic acids is 2. The smallest absolute Gasteiger partial charge is 0.303 e. The van der Waals surface area contributed by atoms with Crippen molar-refractivity contribution in [1.29, 1.82) is 0 Å². The zero-order chi connectivity index (χ0) is 26.8. The van der Waals surface area contributed by atoms with Crippen molar-refractivity contribution in [3.63, 3.8) is 0 Å². The van der Waals surface area contributed by atoms with Gasteiger partial charge in [-0.15, -0.1) is 0 Å². The molecule has 0 fully saturated rings. The molecular weight excluding hydrogens is 481 g/mol. The van der Waals surface area contributed by atoms with E-state index in [0.717, 1.165) is 0 Å². The van der Waals surface area contributed by atoms with Gasteiger partial charge in [-0.05, 0) is 65.9 Å². The average Bonchev–Trinajstić information content (AvgIpc) is 2.88. The van der Waals surface area contributed by atoms with E-state index in [0.29, 0.717) is 45.7 Å². The molecule has 0 bridgehead atoms. The van der Waals surface area contributed by atoms with Crippen LogP contribution in [0.2, 0.25) is 0 Å². The Balaban J connectivity index is 1.88. The summed E-state index contributed by atoms with van der Waals surface area (Å²) in [5.41, 5.74) is 2.84. The molecule has 3 aromatic rings. The summed E-state index contributed by atoms with van der Waals surface area (Å²) in [6.07, 6.45) is 0.334. The average molecular weight is 510 g/mol. The molecule has 37 heavy (non-hydrogen) atoms. The number of ether oxygens (including phenoxy) is 2. The number of carbonyl (C=O) groups is 3. The van der Waals surface area contributed by atoms with Crippen molar-refractivity contribution < 1.29 is 38.5 Å². The van der Waals surface area contributed by atoms with Crippen molar-refractivity contribution in [2.24, 2.45) is 0 Å². The number of halogens is 1. The van der Waals surface area contributed by atoms with E-state index >= 15 is 0 Å². The lowest BCUT2D eigenvalue weighted by atomic mass is 10.0. The molecule has 0 heterocycles. The van der Waals surface area contributed by atoms with Crippen LogP contribution >= 0.6 is 0 Å². The molecule has 1 amide bonds. The lowest BCUT2D eigenvalue weighted by molar-refractivity contribution is -0.138. The van der Waals surface area contributed by atoms with Crippen LogP contribution in [0.4, 0.5) is 4.39 Å². The third-order valence-electron chi connectivity index (χ3n) is 5.56. The van der Waals surface area contributed by atoms with Gasteiger partial charge in [0.1, 0.15) is 23.9 Å². The lowest BCUT2D eigenvalue weighted by Crippen LogP contribution is -2.18. The van der Waals surface area contributed by atoms with E-state index in [-0.39, 0.29) is 38.4 Å². The van der Waals surface area contributed by atoms with Crippen LogP contribution in [-0.4, -0.2) is 41.7 Å². The van der Waals surface area contributed by atoms with E-state index in [4.69, 9.17) is 14.6 Å². The fraction of sp³-hybridized carbons (Fsp3) is 0.250. The number of hydrogen-bond acceptors (Lipinski definition) is 5. The Labute approximate surface area is 213 Å². The number of aliphatic carboxylic acids is 2. The molecule has 8 nitrogen and oxygen atoms in total. The fourth-order valence-electron chi connectivity index (χ4n) is 3.76. The zero-order valence-electron chi connectivity index (χ0n) is 20.3. The van der Waals surface area contributed by atoms with Crippen LogP contribution in [0, 0.1) is 5.82 Å². The largest absolute Gasteiger partial charge is 0.493 e. The van der Waals surface area contributed by atoms with Gasteiger partial charge in [0.25, 0.3) is 5.91 Å².